The van der Waals surface area contributed by atoms with Crippen molar-refractivity contribution in [3.8, 4) is 0 Å². The van der Waals surface area contributed by atoms with E-state index in [-0.39, 0.29) is 5.57 Å². The molecule has 3 aromatic rings. The van der Waals surface area contributed by atoms with Gasteiger partial charge in [0.25, 0.3) is 11.8 Å². The van der Waals surface area contributed by atoms with Gasteiger partial charge in [-0.25, -0.2) is 9.69 Å². The van der Waals surface area contributed by atoms with Gasteiger partial charge < -0.3 is 4.57 Å². The first-order valence-corrected chi connectivity index (χ1v) is 11.1. The first-order valence-electron chi connectivity index (χ1n) is 11.1. The molecular formula is C27H27N3O3. The van der Waals surface area contributed by atoms with Gasteiger partial charge in [-0.15, -0.1) is 0 Å². The first kappa shape index (κ1) is 22.3. The quantitative estimate of drug-likeness (QED) is 0.431. The largest absolute Gasteiger partial charge is 0.344 e. The van der Waals surface area contributed by atoms with Gasteiger partial charge in [-0.3, -0.25) is 14.9 Å². The highest BCUT2D eigenvalue weighted by Gasteiger charge is 2.37. The minimum Gasteiger partial charge on any atom is -0.344 e. The van der Waals surface area contributed by atoms with Gasteiger partial charge in [-0.1, -0.05) is 55.8 Å². The minimum absolute atomic E-state index is 0.0792. The Balaban J connectivity index is 1.62. The molecule has 168 valence electrons. The number of rotatable bonds is 6. The van der Waals surface area contributed by atoms with Crippen molar-refractivity contribution < 1.29 is 14.4 Å². The second kappa shape index (κ2) is 9.28. The number of hydrogen-bond donors (Lipinski definition) is 1. The van der Waals surface area contributed by atoms with Crippen LogP contribution < -0.4 is 10.2 Å². The Morgan fingerprint density at radius 3 is 2.33 bits per heavy atom. The maximum absolute atomic E-state index is 13.2. The zero-order valence-electron chi connectivity index (χ0n) is 19.0. The minimum atomic E-state index is -0.742. The van der Waals surface area contributed by atoms with E-state index in [1.165, 1.54) is 5.56 Å². The summed E-state index contributed by atoms with van der Waals surface area (Å²) in [4.78, 5) is 39.3. The van der Waals surface area contributed by atoms with Crippen molar-refractivity contribution in [1.29, 1.82) is 0 Å². The number of urea groups is 1. The van der Waals surface area contributed by atoms with Gasteiger partial charge in [0.15, 0.2) is 0 Å². The topological polar surface area (TPSA) is 71.4 Å². The summed E-state index contributed by atoms with van der Waals surface area (Å²) in [5, 5.41) is 2.29. The van der Waals surface area contributed by atoms with Crippen LogP contribution in [-0.4, -0.2) is 22.4 Å². The Morgan fingerprint density at radius 2 is 1.67 bits per heavy atom. The van der Waals surface area contributed by atoms with E-state index in [0.29, 0.717) is 23.8 Å². The summed E-state index contributed by atoms with van der Waals surface area (Å²) in [5.74, 6) is -0.952. The maximum Gasteiger partial charge on any atom is 0.335 e. The highest BCUT2D eigenvalue weighted by atomic mass is 16.2. The van der Waals surface area contributed by atoms with Crippen LogP contribution in [-0.2, 0) is 16.1 Å². The van der Waals surface area contributed by atoms with Crippen molar-refractivity contribution in [3.63, 3.8) is 0 Å². The second-order valence-corrected chi connectivity index (χ2v) is 8.41. The molecule has 0 spiro atoms. The second-order valence-electron chi connectivity index (χ2n) is 8.41. The molecule has 2 aromatic carbocycles. The van der Waals surface area contributed by atoms with E-state index in [1.54, 1.807) is 18.2 Å². The Labute approximate surface area is 193 Å². The predicted octanol–water partition coefficient (Wildman–Crippen LogP) is 5.02. The van der Waals surface area contributed by atoms with Gasteiger partial charge in [-0.2, -0.15) is 0 Å². The van der Waals surface area contributed by atoms with Gasteiger partial charge >= 0.3 is 6.03 Å². The van der Waals surface area contributed by atoms with Crippen LogP contribution in [0.3, 0.4) is 0 Å². The predicted molar refractivity (Wildman–Crippen MR) is 129 cm³/mol. The lowest BCUT2D eigenvalue weighted by Crippen LogP contribution is -2.54. The van der Waals surface area contributed by atoms with Crippen LogP contribution in [0.5, 0.6) is 0 Å². The van der Waals surface area contributed by atoms with E-state index in [9.17, 15) is 14.4 Å². The van der Waals surface area contributed by atoms with Gasteiger partial charge in [-0.05, 0) is 60.7 Å². The lowest BCUT2D eigenvalue weighted by atomic mass is 9.98. The van der Waals surface area contributed by atoms with Gasteiger partial charge in [0, 0.05) is 18.4 Å². The number of carbonyl (C=O) groups is 3. The van der Waals surface area contributed by atoms with Crippen LogP contribution in [0.25, 0.3) is 6.08 Å². The molecule has 1 aliphatic rings. The third-order valence-corrected chi connectivity index (χ3v) is 6.06. The number of aryl methyl sites for hydroxylation is 1. The van der Waals surface area contributed by atoms with E-state index < -0.39 is 17.8 Å². The lowest BCUT2D eigenvalue weighted by Gasteiger charge is -2.26. The average Bonchev–Trinajstić information content (AvgIpc) is 3.24. The van der Waals surface area contributed by atoms with Crippen molar-refractivity contribution in [1.82, 2.24) is 9.88 Å². The van der Waals surface area contributed by atoms with E-state index in [4.69, 9.17) is 0 Å². The third-order valence-electron chi connectivity index (χ3n) is 6.06. The molecular weight excluding hydrogens is 414 g/mol. The summed E-state index contributed by atoms with van der Waals surface area (Å²) in [6.07, 6.45) is 4.43. The smallest absolute Gasteiger partial charge is 0.335 e. The zero-order valence-corrected chi connectivity index (χ0v) is 19.0. The van der Waals surface area contributed by atoms with E-state index in [2.05, 4.69) is 19.2 Å². The molecule has 0 aliphatic carbocycles. The Morgan fingerprint density at radius 1 is 0.970 bits per heavy atom. The maximum atomic E-state index is 13.2. The fraction of sp³-hybridized carbons (Fsp3) is 0.222. The van der Waals surface area contributed by atoms with Crippen molar-refractivity contribution in [3.05, 3.63) is 94.8 Å². The summed E-state index contributed by atoms with van der Waals surface area (Å²) >= 11 is 0. The van der Waals surface area contributed by atoms with Crippen LogP contribution in [0.1, 0.15) is 48.6 Å². The standard InChI is InChI=1S/C27H27N3O3/c1-4-19(3)21-11-13-22(14-12-21)30-26(32)24(25(31)28-27(30)33)16-23-6-5-15-29(23)17-20-9-7-18(2)8-10-20/h5-16,19H,4,17H2,1-3H3,(H,28,31,33)/b24-16-. The Kier molecular flexibility index (Phi) is 6.27. The van der Waals surface area contributed by atoms with E-state index >= 15 is 0 Å². The molecule has 1 unspecified atom stereocenters. The molecule has 6 heteroatoms. The van der Waals surface area contributed by atoms with Crippen molar-refractivity contribution in [2.45, 2.75) is 39.7 Å². The summed E-state index contributed by atoms with van der Waals surface area (Å²) in [7, 11) is 0. The van der Waals surface area contributed by atoms with E-state index in [0.717, 1.165) is 22.4 Å². The number of anilines is 1. The summed E-state index contributed by atoms with van der Waals surface area (Å²) in [5.41, 5.74) is 4.47. The molecule has 0 radical (unpaired) electrons. The fourth-order valence-corrected chi connectivity index (χ4v) is 3.82. The lowest BCUT2D eigenvalue weighted by molar-refractivity contribution is -0.122. The van der Waals surface area contributed by atoms with Crippen LogP contribution in [0.15, 0.2) is 72.4 Å². The summed E-state index contributed by atoms with van der Waals surface area (Å²) in [6.45, 7) is 6.87. The highest BCUT2D eigenvalue weighted by Crippen LogP contribution is 2.26. The molecule has 33 heavy (non-hydrogen) atoms. The third kappa shape index (κ3) is 4.65. The number of imide groups is 2. The summed E-state index contributed by atoms with van der Waals surface area (Å²) < 4.78 is 1.96. The monoisotopic (exact) mass is 441 g/mol. The SMILES string of the molecule is CCC(C)c1ccc(N2C(=O)NC(=O)/C(=C/c3cccn3Cc3ccc(C)cc3)C2=O)cc1. The van der Waals surface area contributed by atoms with Crippen molar-refractivity contribution in [2.75, 3.05) is 4.90 Å². The highest BCUT2D eigenvalue weighted by molar-refractivity contribution is 6.39. The number of nitrogens with one attached hydrogen (secondary N) is 1. The molecule has 1 fully saturated rings. The van der Waals surface area contributed by atoms with Crippen LogP contribution in [0.2, 0.25) is 0 Å². The summed E-state index contributed by atoms with van der Waals surface area (Å²) in [6, 6.07) is 18.5. The number of hydrogen-bond acceptors (Lipinski definition) is 3. The number of benzene rings is 2. The number of barbiturate groups is 1. The molecule has 1 atom stereocenters. The molecule has 0 saturated carbocycles. The first-order chi connectivity index (χ1) is 15.9. The van der Waals surface area contributed by atoms with Crippen molar-refractivity contribution >= 4 is 29.6 Å². The molecule has 4 amide bonds. The number of aromatic nitrogens is 1. The normalized spacial score (nSPS) is 16.3. The fourth-order valence-electron chi connectivity index (χ4n) is 3.82. The Hall–Kier alpha value is -3.93. The zero-order chi connectivity index (χ0) is 23.5. The van der Waals surface area contributed by atoms with Gasteiger partial charge in [0.1, 0.15) is 5.57 Å². The number of amides is 4. The van der Waals surface area contributed by atoms with Crippen molar-refractivity contribution in [2.24, 2.45) is 0 Å². The molecule has 6 nitrogen and oxygen atoms in total. The molecule has 0 bridgehead atoms. The molecule has 1 aliphatic heterocycles. The van der Waals surface area contributed by atoms with Gasteiger partial charge in [0.05, 0.1) is 5.69 Å². The van der Waals surface area contributed by atoms with E-state index in [1.807, 2.05) is 66.2 Å². The number of nitrogens with zero attached hydrogens (tertiary/aromatic N) is 2. The molecule has 1 aromatic heterocycles. The molecule has 2 heterocycles. The van der Waals surface area contributed by atoms with Gasteiger partial charge in [0.2, 0.25) is 0 Å². The van der Waals surface area contributed by atoms with Crippen LogP contribution in [0.4, 0.5) is 10.5 Å². The average molecular weight is 442 g/mol. The van der Waals surface area contributed by atoms with Crippen LogP contribution in [0, 0.1) is 6.92 Å². The molecule has 1 saturated heterocycles. The Bertz CT molecular complexity index is 1220. The van der Waals surface area contributed by atoms with Crippen LogP contribution >= 0.6 is 0 Å². The number of carbonyl (C=O) groups excluding carboxylic acids is 3. The molecule has 4 rings (SSSR count). The molecule has 1 N–H and O–H groups in total.